The Morgan fingerprint density at radius 1 is 0.378 bits per heavy atom. The highest BCUT2D eigenvalue weighted by Gasteiger charge is 2.47. The molecule has 3 aliphatic rings. The Labute approximate surface area is 483 Å². The van der Waals surface area contributed by atoms with Gasteiger partial charge in [-0.05, 0) is 141 Å². The first-order valence-electron chi connectivity index (χ1n) is 41.2. The summed E-state index contributed by atoms with van der Waals surface area (Å²) in [6, 6.07) is -37.1. The Hall–Kier alpha value is -8.74. The molecule has 0 fully saturated rings. The molecule has 0 saturated carbocycles. The van der Waals surface area contributed by atoms with Crippen LogP contribution < -0.4 is 31.1 Å². The van der Waals surface area contributed by atoms with Gasteiger partial charge in [-0.1, -0.05) is 156 Å². The van der Waals surface area contributed by atoms with Crippen molar-refractivity contribution in [2.75, 3.05) is 14.7 Å². The summed E-state index contributed by atoms with van der Waals surface area (Å²) in [6.45, 7) is 7.52. The molecule has 0 bridgehead atoms. The molecule has 354 valence electrons. The van der Waals surface area contributed by atoms with E-state index in [0.29, 0.717) is 9.80 Å². The smallest absolute Gasteiger partial charge is 0.252 e. The zero-order chi connectivity index (χ0) is 81.1. The van der Waals surface area contributed by atoms with E-state index < -0.39 is 347 Å². The average molecular weight is 988 g/mol. The molecule has 2 aromatic heterocycles. The van der Waals surface area contributed by atoms with Crippen LogP contribution in [-0.2, 0) is 10.8 Å². The SMILES string of the molecule is [2H]c1c([2H])c([2H])c(N(c2c([2H])c([2H])c([2H])c([2H])c2[2H])c2c([2H])c3c4c(c2[2H])N2c5c(c([2H])c([2H])c([2H])c5-n5c6c([2H])c([2H])c([2H])c([2H])c6c6c([2H])c([2H])c([2H])c2c65)B4c2c([2H])c([2H])c(-n4c5c([2H])c([2H])c(C(C)(C)C)c([2H])c5c5c([2H])c(C(C)(C)C)c([2H])c([2H])c54)c([2H])c2N3c2c([2H])c([2H])c([2H])c([2H])c2[2H])c([2H])c1[2H]. The van der Waals surface area contributed by atoms with Gasteiger partial charge in [0.15, 0.2) is 0 Å². The molecule has 0 atom stereocenters. The third-order valence-corrected chi connectivity index (χ3v) is 13.4. The van der Waals surface area contributed by atoms with E-state index in [1.807, 2.05) is 0 Å². The second-order valence-corrected chi connectivity index (χ2v) is 19.8. The number of hydrogen-bond donors (Lipinski definition) is 0. The first kappa shape index (κ1) is 20.3. The predicted octanol–water partition coefficient (Wildman–Crippen LogP) is 16.3. The van der Waals surface area contributed by atoms with Gasteiger partial charge >= 0.3 is 0 Å². The molecule has 0 spiro atoms. The van der Waals surface area contributed by atoms with Gasteiger partial charge in [-0.25, -0.2) is 0 Å². The van der Waals surface area contributed by atoms with Gasteiger partial charge in [-0.3, -0.25) is 0 Å². The van der Waals surface area contributed by atoms with Crippen molar-refractivity contribution in [3.63, 3.8) is 0 Å². The lowest BCUT2D eigenvalue weighted by atomic mass is 9.33. The number of anilines is 9. The van der Waals surface area contributed by atoms with Crippen molar-refractivity contribution in [1.82, 2.24) is 9.13 Å². The van der Waals surface area contributed by atoms with E-state index in [1.165, 1.54) is 0 Å². The van der Waals surface area contributed by atoms with Gasteiger partial charge in [0, 0.05) is 61.4 Å². The molecule has 5 heterocycles. The van der Waals surface area contributed by atoms with E-state index in [-0.39, 0.29) is 21.9 Å². The van der Waals surface area contributed by atoms with E-state index in [1.54, 1.807) is 41.5 Å². The van der Waals surface area contributed by atoms with Crippen molar-refractivity contribution in [3.05, 3.63) is 229 Å². The van der Waals surface area contributed by atoms with Crippen LogP contribution in [0.25, 0.3) is 55.0 Å². The molecule has 0 N–H and O–H groups in total. The maximum atomic E-state index is 11.2. The lowest BCUT2D eigenvalue weighted by Crippen LogP contribution is -2.61. The maximum absolute atomic E-state index is 11.2. The zero-order valence-electron chi connectivity index (χ0n) is 75.8. The molecule has 5 nitrogen and oxygen atoms in total. The van der Waals surface area contributed by atoms with Crippen LogP contribution in [0.2, 0.25) is 0 Å². The Morgan fingerprint density at radius 3 is 1.58 bits per heavy atom. The number of rotatable bonds is 5. The molecule has 0 unspecified atom stereocenters. The number of aromatic nitrogens is 2. The van der Waals surface area contributed by atoms with Crippen LogP contribution in [0.4, 0.5) is 51.2 Å². The number of fused-ring (bicyclic) bond motifs is 12. The van der Waals surface area contributed by atoms with Crippen LogP contribution in [0.3, 0.4) is 0 Å². The molecule has 3 aliphatic heterocycles. The van der Waals surface area contributed by atoms with E-state index in [9.17, 15) is 37.0 Å². The summed E-state index contributed by atoms with van der Waals surface area (Å²) in [5.41, 5.74) is -17.6. The van der Waals surface area contributed by atoms with Gasteiger partial charge in [-0.15, -0.1) is 0 Å². The molecule has 0 aliphatic carbocycles. The predicted molar refractivity (Wildman–Crippen MR) is 315 cm³/mol. The first-order chi connectivity index (χ1) is 51.0. The summed E-state index contributed by atoms with van der Waals surface area (Å²) in [7, 11) is 0. The molecule has 15 rings (SSSR count). The largest absolute Gasteiger partial charge is 0.311 e. The van der Waals surface area contributed by atoms with E-state index in [2.05, 4.69) is 0 Å². The highest BCUT2D eigenvalue weighted by molar-refractivity contribution is 7.00. The van der Waals surface area contributed by atoms with Crippen molar-refractivity contribution in [3.8, 4) is 11.4 Å². The van der Waals surface area contributed by atoms with E-state index in [4.69, 9.17) is 12.3 Å². The minimum absolute atomic E-state index is 0.0637. The molecule has 6 heteroatoms. The van der Waals surface area contributed by atoms with Crippen LogP contribution in [0.15, 0.2) is 218 Å². The number of hydrogen-bond acceptors (Lipinski definition) is 3. The maximum Gasteiger partial charge on any atom is 0.252 e. The van der Waals surface area contributed by atoms with Crippen LogP contribution in [0.5, 0.6) is 0 Å². The molecule has 0 amide bonds. The first-order valence-corrected chi connectivity index (χ1v) is 23.2. The fraction of sp³-hybridized carbons (Fsp3) is 0.118. The highest BCUT2D eigenvalue weighted by Crippen LogP contribution is 2.54. The van der Waals surface area contributed by atoms with Crippen LogP contribution in [-0.4, -0.2) is 15.8 Å². The van der Waals surface area contributed by atoms with Crippen molar-refractivity contribution in [2.24, 2.45) is 0 Å². The van der Waals surface area contributed by atoms with Crippen LogP contribution in [0.1, 0.15) is 102 Å². The second-order valence-electron chi connectivity index (χ2n) is 19.8. The van der Waals surface area contributed by atoms with Crippen molar-refractivity contribution >= 4 is 118 Å². The van der Waals surface area contributed by atoms with Crippen LogP contribution >= 0.6 is 0 Å². The van der Waals surface area contributed by atoms with E-state index >= 15 is 0 Å². The number of para-hydroxylation sites is 6. The number of nitrogens with zero attached hydrogens (tertiary/aromatic N) is 5. The topological polar surface area (TPSA) is 19.6 Å². The minimum Gasteiger partial charge on any atom is -0.311 e. The fourth-order valence-electron chi connectivity index (χ4n) is 10.2. The lowest BCUT2D eigenvalue weighted by molar-refractivity contribution is 0.590. The Kier molecular flexibility index (Phi) is 4.22. The molecule has 0 saturated heterocycles. The normalized spacial score (nSPS) is 20.3. The van der Waals surface area contributed by atoms with Gasteiger partial charge in [0.2, 0.25) is 0 Å². The van der Waals surface area contributed by atoms with Gasteiger partial charge in [-0.2, -0.15) is 0 Å². The number of benzene rings is 10. The second kappa shape index (κ2) is 15.4. The Bertz CT molecular complexity index is 6240. The summed E-state index contributed by atoms with van der Waals surface area (Å²) in [4.78, 5) is 1.84. The van der Waals surface area contributed by atoms with Crippen LogP contribution in [0, 0.1) is 0 Å². The summed E-state index contributed by atoms with van der Waals surface area (Å²) in [5.74, 6) is 0. The third-order valence-electron chi connectivity index (χ3n) is 13.4. The van der Waals surface area contributed by atoms with Crippen molar-refractivity contribution in [2.45, 2.75) is 52.4 Å². The zero-order valence-corrected chi connectivity index (χ0v) is 39.8. The lowest BCUT2D eigenvalue weighted by Gasteiger charge is -2.46. The van der Waals surface area contributed by atoms with Gasteiger partial charge in [0.05, 0.1) is 94.2 Å². The molecule has 10 aromatic carbocycles. The van der Waals surface area contributed by atoms with Crippen molar-refractivity contribution in [1.29, 1.82) is 0 Å². The molecule has 74 heavy (non-hydrogen) atoms. The molecule has 0 radical (unpaired) electrons. The van der Waals surface area contributed by atoms with Gasteiger partial charge < -0.3 is 23.8 Å². The van der Waals surface area contributed by atoms with E-state index in [0.717, 1.165) is 14.0 Å². The monoisotopic (exact) mass is 988 g/mol. The summed E-state index contributed by atoms with van der Waals surface area (Å²) < 4.78 is 353. The molecular formula is C68H54BN5. The standard InChI is InChI=1S/C68H54BN5/c1-67(2,3)43-32-36-57-52(38-43)53-39-44(68(4,5)6)33-37-58(53)72(57)48-34-35-54-61(40-48)71(47-24-14-9-15-25-47)62-41-49(70(45-20-10-7-11-21-45)46-22-12-8-13-23-46)42-63-64(62)69(54)55-28-19-31-60-66(55)74(63)59-30-18-27-51-50-26-16-17-29-56(50)73(60)65(51)59/h7-42H,1-6H3/i7D,8D,9D,10D,11D,12D,13D,14D,15D,16D,17D,18D,19D,20D,21D,22D,23D,24D,25D,26D,27D,28D,29D,30D,31D,32D,33D,34D,35D,36D,37D,38D,39D,40D,41D,42D. The average Bonchev–Trinajstić information content (AvgIpc) is 1.14. The highest BCUT2D eigenvalue weighted by atomic mass is 15.2. The summed E-state index contributed by atoms with van der Waals surface area (Å²) in [5, 5.41) is -1.71. The Balaban J connectivity index is 1.29. The van der Waals surface area contributed by atoms with Crippen molar-refractivity contribution < 1.29 is 49.3 Å². The summed E-state index contributed by atoms with van der Waals surface area (Å²) >= 11 is 0. The van der Waals surface area contributed by atoms with Gasteiger partial charge in [0.25, 0.3) is 6.71 Å². The minimum atomic E-state index is -2.32. The Morgan fingerprint density at radius 2 is 0.932 bits per heavy atom. The summed E-state index contributed by atoms with van der Waals surface area (Å²) in [6.07, 6.45) is 0. The fourth-order valence-corrected chi connectivity index (χ4v) is 10.2. The molecule has 12 aromatic rings. The quantitative estimate of drug-likeness (QED) is 0.160. The molecular weight excluding hydrogens is 898 g/mol. The van der Waals surface area contributed by atoms with Gasteiger partial charge in [0.1, 0.15) is 0 Å². The third kappa shape index (κ3) is 6.05.